The number of carbonyl (C=O) groups is 1. The molecule has 0 unspecified atom stereocenters. The number of nitrogens with one attached hydrogen (secondary N) is 1. The fourth-order valence-electron chi connectivity index (χ4n) is 4.47. The minimum Gasteiger partial charge on any atom is -0.444 e. The molecule has 0 saturated carbocycles. The van der Waals surface area contributed by atoms with Crippen molar-refractivity contribution in [2.24, 2.45) is 0 Å². The van der Waals surface area contributed by atoms with Gasteiger partial charge in [0.05, 0.1) is 10.6 Å². The smallest absolute Gasteiger partial charge is 0.407 e. The Kier molecular flexibility index (Phi) is 7.38. The molecule has 0 radical (unpaired) electrons. The fraction of sp³-hybridized carbons (Fsp3) is 0.370. The van der Waals surface area contributed by atoms with Gasteiger partial charge >= 0.3 is 6.09 Å². The second-order valence-corrected chi connectivity index (χ2v) is 12.5. The summed E-state index contributed by atoms with van der Waals surface area (Å²) < 4.78 is 32.2. The normalized spacial score (nSPS) is 15.2. The molecule has 0 aromatic heterocycles. The molecule has 7 nitrogen and oxygen atoms in total. The van der Waals surface area contributed by atoms with Gasteiger partial charge in [-0.25, -0.2) is 13.2 Å². The number of piperidine rings is 1. The SMILES string of the molecule is CC(C)(C)OC(=O)NC1CCN(c2ccc(N)c(CS(=O)(=O)c3cccc4c(Cl)cccc34)c2)CC1. The summed E-state index contributed by atoms with van der Waals surface area (Å²) in [6.07, 6.45) is 1.11. The van der Waals surface area contributed by atoms with E-state index in [1.165, 1.54) is 0 Å². The molecule has 3 N–H and O–H groups in total. The number of hydrogen-bond acceptors (Lipinski definition) is 6. The lowest BCUT2D eigenvalue weighted by Crippen LogP contribution is -2.46. The van der Waals surface area contributed by atoms with Crippen molar-refractivity contribution in [1.82, 2.24) is 5.32 Å². The predicted octanol–water partition coefficient (Wildman–Crippen LogP) is 5.54. The van der Waals surface area contributed by atoms with Crippen LogP contribution in [0, 0.1) is 0 Å². The molecule has 3 aromatic carbocycles. The Balaban J connectivity index is 1.48. The van der Waals surface area contributed by atoms with Crippen molar-refractivity contribution in [2.75, 3.05) is 23.7 Å². The van der Waals surface area contributed by atoms with Gasteiger partial charge < -0.3 is 20.7 Å². The van der Waals surface area contributed by atoms with Crippen LogP contribution in [0.4, 0.5) is 16.2 Å². The number of nitrogens with two attached hydrogens (primary N) is 1. The summed E-state index contributed by atoms with van der Waals surface area (Å²) in [5, 5.41) is 4.74. The molecule has 0 bridgehead atoms. The first-order valence-corrected chi connectivity index (χ1v) is 14.0. The molecule has 0 aliphatic carbocycles. The van der Waals surface area contributed by atoms with Gasteiger partial charge in [-0.1, -0.05) is 35.9 Å². The van der Waals surface area contributed by atoms with Crippen molar-refractivity contribution in [3.8, 4) is 0 Å². The van der Waals surface area contributed by atoms with Crippen LogP contribution in [0.3, 0.4) is 0 Å². The standard InChI is InChI=1S/C27H32ClN3O4S/c1-27(2,3)35-26(32)30-19-12-14-31(15-13-19)20-10-11-24(29)18(16-20)17-36(33,34)25-9-5-6-21-22(25)7-4-8-23(21)28/h4-11,16,19H,12-15,17,29H2,1-3H3,(H,30,32). The van der Waals surface area contributed by atoms with Crippen LogP contribution in [0.15, 0.2) is 59.5 Å². The highest BCUT2D eigenvalue weighted by Gasteiger charge is 2.25. The lowest BCUT2D eigenvalue weighted by atomic mass is 10.0. The summed E-state index contributed by atoms with van der Waals surface area (Å²) in [6, 6.07) is 15.9. The van der Waals surface area contributed by atoms with E-state index in [-0.39, 0.29) is 16.7 Å². The quantitative estimate of drug-likeness (QED) is 0.420. The van der Waals surface area contributed by atoms with Crippen molar-refractivity contribution in [3.05, 3.63) is 65.2 Å². The Bertz CT molecular complexity index is 1380. The highest BCUT2D eigenvalue weighted by atomic mass is 35.5. The molecular formula is C27H32ClN3O4S. The number of alkyl carbamates (subject to hydrolysis) is 1. The van der Waals surface area contributed by atoms with Crippen LogP contribution in [-0.4, -0.2) is 39.2 Å². The highest BCUT2D eigenvalue weighted by Crippen LogP contribution is 2.32. The zero-order valence-corrected chi connectivity index (χ0v) is 22.3. The third-order valence-electron chi connectivity index (χ3n) is 6.22. The molecular weight excluding hydrogens is 498 g/mol. The van der Waals surface area contributed by atoms with Crippen LogP contribution in [-0.2, 0) is 20.3 Å². The van der Waals surface area contributed by atoms with E-state index in [0.717, 1.165) is 31.6 Å². The van der Waals surface area contributed by atoms with Crippen LogP contribution in [0.2, 0.25) is 5.02 Å². The number of ether oxygens (including phenoxy) is 1. The number of amides is 1. The molecule has 0 atom stereocenters. The molecule has 9 heteroatoms. The maximum Gasteiger partial charge on any atom is 0.407 e. The highest BCUT2D eigenvalue weighted by molar-refractivity contribution is 7.90. The summed E-state index contributed by atoms with van der Waals surface area (Å²) in [6.45, 7) is 6.95. The number of anilines is 2. The van der Waals surface area contributed by atoms with Crippen molar-refractivity contribution < 1.29 is 17.9 Å². The van der Waals surface area contributed by atoms with Crippen LogP contribution < -0.4 is 16.0 Å². The number of benzene rings is 3. The number of nitrogen functional groups attached to an aromatic ring is 1. The fourth-order valence-corrected chi connectivity index (χ4v) is 6.32. The third-order valence-corrected chi connectivity index (χ3v) is 8.26. The van der Waals surface area contributed by atoms with Gasteiger partial charge in [-0.15, -0.1) is 0 Å². The maximum absolute atomic E-state index is 13.4. The minimum atomic E-state index is -3.68. The number of hydrogen-bond donors (Lipinski definition) is 2. The molecule has 192 valence electrons. The van der Waals surface area contributed by atoms with Gasteiger partial charge in [0.2, 0.25) is 0 Å². The van der Waals surface area contributed by atoms with E-state index in [2.05, 4.69) is 10.2 Å². The number of halogens is 1. The monoisotopic (exact) mass is 529 g/mol. The molecule has 1 fully saturated rings. The number of sulfone groups is 1. The lowest BCUT2D eigenvalue weighted by Gasteiger charge is -2.34. The van der Waals surface area contributed by atoms with E-state index in [1.807, 2.05) is 39.0 Å². The summed E-state index contributed by atoms with van der Waals surface area (Å²) in [5.41, 5.74) is 7.56. The van der Waals surface area contributed by atoms with Crippen molar-refractivity contribution >= 4 is 49.7 Å². The molecule has 0 spiro atoms. The largest absolute Gasteiger partial charge is 0.444 e. The Labute approximate surface area is 217 Å². The van der Waals surface area contributed by atoms with E-state index in [9.17, 15) is 13.2 Å². The van der Waals surface area contributed by atoms with Crippen molar-refractivity contribution in [1.29, 1.82) is 0 Å². The van der Waals surface area contributed by atoms with Gasteiger partial charge in [0.1, 0.15) is 5.60 Å². The van der Waals surface area contributed by atoms with Crippen LogP contribution in [0.5, 0.6) is 0 Å². The number of nitrogens with zero attached hydrogens (tertiary/aromatic N) is 1. The molecule has 4 rings (SSSR count). The van der Waals surface area contributed by atoms with E-state index in [1.54, 1.807) is 36.4 Å². The zero-order valence-electron chi connectivity index (χ0n) is 20.8. The molecule has 1 heterocycles. The molecule has 1 aliphatic rings. The lowest BCUT2D eigenvalue weighted by molar-refractivity contribution is 0.0497. The predicted molar refractivity (Wildman–Crippen MR) is 145 cm³/mol. The van der Waals surface area contributed by atoms with E-state index >= 15 is 0 Å². The number of rotatable bonds is 5. The summed E-state index contributed by atoms with van der Waals surface area (Å²) in [5.74, 6) is -0.213. The third kappa shape index (κ3) is 6.05. The Morgan fingerprint density at radius 3 is 2.44 bits per heavy atom. The van der Waals surface area contributed by atoms with Gasteiger partial charge in [-0.2, -0.15) is 0 Å². The zero-order chi connectivity index (χ0) is 26.1. The number of carbonyl (C=O) groups excluding carboxylic acids is 1. The van der Waals surface area contributed by atoms with Crippen molar-refractivity contribution in [2.45, 2.75) is 55.9 Å². The molecule has 3 aromatic rings. The molecule has 1 amide bonds. The first-order valence-electron chi connectivity index (χ1n) is 12.0. The molecule has 36 heavy (non-hydrogen) atoms. The second kappa shape index (κ2) is 10.2. The van der Waals surface area contributed by atoms with E-state index < -0.39 is 21.5 Å². The summed E-state index contributed by atoms with van der Waals surface area (Å²) in [7, 11) is -3.68. The van der Waals surface area contributed by atoms with Crippen molar-refractivity contribution in [3.63, 3.8) is 0 Å². The Morgan fingerprint density at radius 1 is 1.08 bits per heavy atom. The number of fused-ring (bicyclic) bond motifs is 1. The average Bonchev–Trinajstić information content (AvgIpc) is 2.79. The first-order chi connectivity index (χ1) is 16.9. The molecule has 1 aliphatic heterocycles. The maximum atomic E-state index is 13.4. The van der Waals surface area contributed by atoms with Gasteiger partial charge in [-0.3, -0.25) is 0 Å². The Hall–Kier alpha value is -2.97. The topological polar surface area (TPSA) is 102 Å². The van der Waals surface area contributed by atoms with E-state index in [0.29, 0.717) is 27.0 Å². The summed E-state index contributed by atoms with van der Waals surface area (Å²) in [4.78, 5) is 14.5. The van der Waals surface area contributed by atoms with Gasteiger partial charge in [0.25, 0.3) is 0 Å². The minimum absolute atomic E-state index is 0.0305. The van der Waals surface area contributed by atoms with Crippen LogP contribution >= 0.6 is 11.6 Å². The van der Waals surface area contributed by atoms with E-state index in [4.69, 9.17) is 22.1 Å². The van der Waals surface area contributed by atoms with Crippen LogP contribution in [0.25, 0.3) is 10.8 Å². The van der Waals surface area contributed by atoms with Gasteiger partial charge in [0, 0.05) is 46.3 Å². The van der Waals surface area contributed by atoms with Crippen LogP contribution in [0.1, 0.15) is 39.2 Å². The van der Waals surface area contributed by atoms with Gasteiger partial charge in [-0.05, 0) is 69.5 Å². The first kappa shape index (κ1) is 26.1. The second-order valence-electron chi connectivity index (χ2n) is 10.1. The summed E-state index contributed by atoms with van der Waals surface area (Å²) >= 11 is 6.29. The van der Waals surface area contributed by atoms with Gasteiger partial charge in [0.15, 0.2) is 9.84 Å². The average molecular weight is 530 g/mol. The Morgan fingerprint density at radius 2 is 1.75 bits per heavy atom. The molecule has 1 saturated heterocycles.